The van der Waals surface area contributed by atoms with E-state index in [4.69, 9.17) is 11.6 Å². The van der Waals surface area contributed by atoms with Crippen molar-refractivity contribution < 1.29 is 5.11 Å². The Bertz CT molecular complexity index is 322. The molecule has 0 bridgehead atoms. The summed E-state index contributed by atoms with van der Waals surface area (Å²) in [7, 11) is 4.24. The van der Waals surface area contributed by atoms with Crippen molar-refractivity contribution >= 4 is 11.6 Å². The van der Waals surface area contributed by atoms with Gasteiger partial charge in [-0.05, 0) is 46.8 Å². The molecule has 0 rings (SSSR count). The molecule has 0 aromatic carbocycles. The molecule has 0 fully saturated rings. The van der Waals surface area contributed by atoms with Crippen LogP contribution in [0, 0.1) is 0 Å². The largest absolute Gasteiger partial charge is 0.393 e. The van der Waals surface area contributed by atoms with Gasteiger partial charge in [0, 0.05) is 5.38 Å². The van der Waals surface area contributed by atoms with Gasteiger partial charge in [-0.1, -0.05) is 116 Å². The Morgan fingerprint density at radius 3 is 1.13 bits per heavy atom. The zero-order valence-corrected chi connectivity index (χ0v) is 21.7. The van der Waals surface area contributed by atoms with E-state index in [1.165, 1.54) is 122 Å². The summed E-state index contributed by atoms with van der Waals surface area (Å²) in [6.07, 6.45) is 28.3. The molecule has 2 atom stereocenters. The Morgan fingerprint density at radius 1 is 0.533 bits per heavy atom. The number of hydrogen-bond donors (Lipinski definition) is 1. The lowest BCUT2D eigenvalue weighted by molar-refractivity contribution is 0.180. The van der Waals surface area contributed by atoms with Crippen molar-refractivity contribution in [3.8, 4) is 0 Å². The van der Waals surface area contributed by atoms with E-state index in [1.807, 2.05) is 6.92 Å². The van der Waals surface area contributed by atoms with Crippen LogP contribution in [0.3, 0.4) is 0 Å². The fraction of sp³-hybridized carbons (Fsp3) is 1.00. The van der Waals surface area contributed by atoms with Crippen LogP contribution in [0.1, 0.15) is 142 Å². The molecule has 182 valence electrons. The normalized spacial score (nSPS) is 13.8. The number of aliphatic hydroxyl groups excluding tert-OH is 1. The molecule has 0 aromatic heterocycles. The summed E-state index contributed by atoms with van der Waals surface area (Å²) in [5.41, 5.74) is 0. The highest BCUT2D eigenvalue weighted by molar-refractivity contribution is 6.20. The monoisotopic (exact) mass is 445 g/mol. The average molecular weight is 446 g/mol. The first-order valence-corrected chi connectivity index (χ1v) is 13.9. The second kappa shape index (κ2) is 23.9. The van der Waals surface area contributed by atoms with Gasteiger partial charge in [0.05, 0.1) is 6.10 Å². The Labute approximate surface area is 195 Å². The smallest absolute Gasteiger partial charge is 0.0512 e. The van der Waals surface area contributed by atoms with E-state index < -0.39 is 0 Å². The van der Waals surface area contributed by atoms with Gasteiger partial charge in [0.15, 0.2) is 0 Å². The summed E-state index contributed by atoms with van der Waals surface area (Å²) in [6.45, 7) is 3.01. The summed E-state index contributed by atoms with van der Waals surface area (Å²) < 4.78 is 0. The minimum absolute atomic E-state index is 0.109. The quantitative estimate of drug-likeness (QED) is 0.118. The second-order valence-electron chi connectivity index (χ2n) is 9.98. The van der Waals surface area contributed by atoms with Crippen LogP contribution in [-0.4, -0.2) is 42.1 Å². The molecule has 0 aliphatic heterocycles. The summed E-state index contributed by atoms with van der Waals surface area (Å²) >= 11 is 6.38. The Kier molecular flexibility index (Phi) is 24.0. The zero-order valence-electron chi connectivity index (χ0n) is 21.0. The number of halogens is 1. The number of nitrogens with zero attached hydrogens (tertiary/aromatic N) is 1. The van der Waals surface area contributed by atoms with Crippen molar-refractivity contribution in [3.05, 3.63) is 0 Å². The van der Waals surface area contributed by atoms with Crippen LogP contribution in [0.25, 0.3) is 0 Å². The van der Waals surface area contributed by atoms with Gasteiger partial charge in [-0.2, -0.15) is 0 Å². The first-order valence-electron chi connectivity index (χ1n) is 13.5. The van der Waals surface area contributed by atoms with Crippen molar-refractivity contribution in [2.24, 2.45) is 0 Å². The second-order valence-corrected chi connectivity index (χ2v) is 10.6. The summed E-state index contributed by atoms with van der Waals surface area (Å²) in [5, 5.41) is 9.61. The highest BCUT2D eigenvalue weighted by Crippen LogP contribution is 2.16. The van der Waals surface area contributed by atoms with Gasteiger partial charge in [0.1, 0.15) is 0 Å². The van der Waals surface area contributed by atoms with Gasteiger partial charge in [-0.25, -0.2) is 0 Å². The molecule has 0 aromatic rings. The molecule has 2 nitrogen and oxygen atoms in total. The number of unbranched alkanes of at least 4 members (excludes halogenated alkanes) is 17. The minimum Gasteiger partial charge on any atom is -0.393 e. The molecule has 0 radical (unpaired) electrons. The van der Waals surface area contributed by atoms with Gasteiger partial charge < -0.3 is 10.0 Å². The van der Waals surface area contributed by atoms with Gasteiger partial charge in [0.25, 0.3) is 0 Å². The van der Waals surface area contributed by atoms with Crippen molar-refractivity contribution in [1.29, 1.82) is 0 Å². The maximum absolute atomic E-state index is 9.23. The summed E-state index contributed by atoms with van der Waals surface area (Å²) in [6, 6.07) is 0. The molecule has 0 aliphatic carbocycles. The van der Waals surface area contributed by atoms with Crippen LogP contribution in [0.5, 0.6) is 0 Å². The number of aliphatic hydroxyl groups is 1. The summed E-state index contributed by atoms with van der Waals surface area (Å²) in [4.78, 5) is 2.22. The predicted octanol–water partition coefficient (Wildman–Crippen LogP) is 8.73. The van der Waals surface area contributed by atoms with Gasteiger partial charge in [-0.3, -0.25) is 0 Å². The third kappa shape index (κ3) is 26.2. The van der Waals surface area contributed by atoms with E-state index in [-0.39, 0.29) is 6.10 Å². The number of alkyl halides is 1. The number of rotatable bonds is 24. The Hall–Kier alpha value is 0.210. The maximum atomic E-state index is 9.23. The van der Waals surface area contributed by atoms with E-state index >= 15 is 0 Å². The van der Waals surface area contributed by atoms with Gasteiger partial charge in [-0.15, -0.1) is 11.6 Å². The zero-order chi connectivity index (χ0) is 22.3. The molecule has 1 N–H and O–H groups in total. The molecule has 3 heteroatoms. The third-order valence-electron chi connectivity index (χ3n) is 6.28. The van der Waals surface area contributed by atoms with Crippen molar-refractivity contribution in [1.82, 2.24) is 4.90 Å². The molecule has 0 saturated heterocycles. The molecule has 2 unspecified atom stereocenters. The van der Waals surface area contributed by atoms with E-state index in [2.05, 4.69) is 19.0 Å². The molecular weight excluding hydrogens is 390 g/mol. The van der Waals surface area contributed by atoms with Crippen molar-refractivity contribution in [2.75, 3.05) is 20.6 Å². The SMILES string of the molecule is CC(O)CCCCCCCCCCCCCCCCCCCCC(Cl)CCN(C)C. The van der Waals surface area contributed by atoms with Crippen LogP contribution in [0.4, 0.5) is 0 Å². The molecule has 0 saturated carbocycles. The molecule has 0 heterocycles. The van der Waals surface area contributed by atoms with Crippen LogP contribution in [0.2, 0.25) is 0 Å². The van der Waals surface area contributed by atoms with Crippen LogP contribution >= 0.6 is 11.6 Å². The highest BCUT2D eigenvalue weighted by Gasteiger charge is 2.04. The Morgan fingerprint density at radius 2 is 0.833 bits per heavy atom. The first kappa shape index (κ1) is 30.2. The van der Waals surface area contributed by atoms with Crippen LogP contribution in [0.15, 0.2) is 0 Å². The van der Waals surface area contributed by atoms with Gasteiger partial charge in [0.2, 0.25) is 0 Å². The standard InChI is InChI=1S/C27H56ClNO/c1-26(30)22-20-18-16-14-12-10-8-6-4-5-7-9-11-13-15-17-19-21-23-27(28)24-25-29(2)3/h26-27,30H,4-25H2,1-3H3. The first-order chi connectivity index (χ1) is 14.5. The molecular formula is C27H56ClNO. The maximum Gasteiger partial charge on any atom is 0.0512 e. The molecule has 30 heavy (non-hydrogen) atoms. The predicted molar refractivity (Wildman–Crippen MR) is 137 cm³/mol. The van der Waals surface area contributed by atoms with E-state index in [0.29, 0.717) is 5.38 Å². The lowest BCUT2D eigenvalue weighted by Gasteiger charge is -2.13. The van der Waals surface area contributed by atoms with E-state index in [1.54, 1.807) is 0 Å². The fourth-order valence-electron chi connectivity index (χ4n) is 4.18. The lowest BCUT2D eigenvalue weighted by Crippen LogP contribution is -2.16. The average Bonchev–Trinajstić information content (AvgIpc) is 2.70. The van der Waals surface area contributed by atoms with E-state index in [9.17, 15) is 5.11 Å². The number of hydrogen-bond acceptors (Lipinski definition) is 2. The topological polar surface area (TPSA) is 23.5 Å². The van der Waals surface area contributed by atoms with Crippen molar-refractivity contribution in [3.63, 3.8) is 0 Å². The molecule has 0 aliphatic rings. The molecule has 0 spiro atoms. The van der Waals surface area contributed by atoms with Crippen LogP contribution in [-0.2, 0) is 0 Å². The highest BCUT2D eigenvalue weighted by atomic mass is 35.5. The van der Waals surface area contributed by atoms with Crippen molar-refractivity contribution in [2.45, 2.75) is 153 Å². The fourth-order valence-corrected chi connectivity index (χ4v) is 4.43. The Balaban J connectivity index is 3.08. The minimum atomic E-state index is -0.109. The van der Waals surface area contributed by atoms with E-state index in [0.717, 1.165) is 19.4 Å². The molecule has 0 amide bonds. The van der Waals surface area contributed by atoms with Crippen LogP contribution < -0.4 is 0 Å². The van der Waals surface area contributed by atoms with Gasteiger partial charge >= 0.3 is 0 Å². The summed E-state index contributed by atoms with van der Waals surface area (Å²) in [5.74, 6) is 0. The third-order valence-corrected chi connectivity index (χ3v) is 6.72. The lowest BCUT2D eigenvalue weighted by atomic mass is 10.0.